The summed E-state index contributed by atoms with van der Waals surface area (Å²) in [6, 6.07) is 23.6. The van der Waals surface area contributed by atoms with Crippen LogP contribution in [-0.4, -0.2) is 9.52 Å². The Labute approximate surface area is 236 Å². The molecule has 4 rings (SSSR count). The zero-order valence-electron chi connectivity index (χ0n) is 20.5. The Balaban J connectivity index is 0. The molecule has 0 heterocycles. The van der Waals surface area contributed by atoms with Crippen LogP contribution in [0, 0.1) is 33.8 Å². The van der Waals surface area contributed by atoms with Gasteiger partial charge in [-0.1, -0.05) is 118 Å². The third-order valence-corrected chi connectivity index (χ3v) is 6.86. The van der Waals surface area contributed by atoms with Gasteiger partial charge in [0, 0.05) is 0 Å². The molecule has 173 valence electrons. The summed E-state index contributed by atoms with van der Waals surface area (Å²) in [5, 5.41) is 2.90. The number of rotatable bonds is 4. The van der Waals surface area contributed by atoms with Crippen molar-refractivity contribution in [2.45, 2.75) is 53.9 Å². The predicted molar refractivity (Wildman–Crippen MR) is 136 cm³/mol. The van der Waals surface area contributed by atoms with E-state index in [2.05, 4.69) is 120 Å². The minimum Gasteiger partial charge on any atom is -1.00 e. The van der Waals surface area contributed by atoms with Gasteiger partial charge in [0.05, 0.1) is 0 Å². The smallest absolute Gasteiger partial charge is 1.00 e. The van der Waals surface area contributed by atoms with Crippen LogP contribution in [-0.2, 0) is 26.2 Å². The fourth-order valence-corrected chi connectivity index (χ4v) is 4.54. The van der Waals surface area contributed by atoms with E-state index in [1.165, 1.54) is 51.0 Å². The SMILES string of the molecule is CCCC1=CC[C-]=C1.Cc1[cH-]c(C)c(C)c1C.[Cl-].[Cl-].[Zr+4].c1ccc([SiH]c2ccccc2)cc1. The second kappa shape index (κ2) is 19.3. The first-order valence-corrected chi connectivity index (χ1v) is 12.1. The summed E-state index contributed by atoms with van der Waals surface area (Å²) in [7, 11) is 0.271. The molecule has 0 nitrogen and oxygen atoms in total. The second-order valence-electron chi connectivity index (χ2n) is 7.81. The molecule has 4 heteroatoms. The number of benzene rings is 2. The van der Waals surface area contributed by atoms with Crippen molar-refractivity contribution < 1.29 is 51.0 Å². The summed E-state index contributed by atoms with van der Waals surface area (Å²) >= 11 is 0. The molecular formula is C29H35Cl2SiZr. The van der Waals surface area contributed by atoms with Gasteiger partial charge in [-0.15, -0.1) is 6.42 Å². The van der Waals surface area contributed by atoms with Gasteiger partial charge in [-0.3, -0.25) is 6.08 Å². The van der Waals surface area contributed by atoms with Crippen LogP contribution < -0.4 is 35.2 Å². The standard InChI is InChI=1S/C12H11Si.C9H13.C8H11.2ClH.Zr/c1-3-7-11(8-4-1)13-12-9-5-2-6-10-12;1-6-5-7(2)9(4)8(6)3;1-2-5-8-6-3-4-7-8;;;/h1-10,13H;5H,1-4H3;6-7H,2-3,5H2,1H3;2*1H;/q;2*-1;;;+4/p-2. The van der Waals surface area contributed by atoms with E-state index in [4.69, 9.17) is 0 Å². The molecular weight excluding hydrogens is 539 g/mol. The molecule has 0 unspecified atom stereocenters. The Hall–Kier alpha value is -1.05. The Morgan fingerprint density at radius 2 is 1.24 bits per heavy atom. The molecule has 1 aliphatic rings. The van der Waals surface area contributed by atoms with Gasteiger partial charge in [-0.2, -0.15) is 34.4 Å². The monoisotopic (exact) mass is 571 g/mol. The van der Waals surface area contributed by atoms with E-state index in [0.717, 1.165) is 6.42 Å². The van der Waals surface area contributed by atoms with Crippen LogP contribution in [0.25, 0.3) is 0 Å². The van der Waals surface area contributed by atoms with Gasteiger partial charge in [0.1, 0.15) is 9.52 Å². The van der Waals surface area contributed by atoms with E-state index in [1.807, 2.05) is 0 Å². The molecule has 0 spiro atoms. The molecule has 0 aliphatic heterocycles. The number of halogens is 2. The van der Waals surface area contributed by atoms with E-state index in [1.54, 1.807) is 0 Å². The third kappa shape index (κ3) is 12.8. The molecule has 0 saturated carbocycles. The van der Waals surface area contributed by atoms with Crippen LogP contribution in [0.1, 0.15) is 48.4 Å². The molecule has 3 aromatic carbocycles. The summed E-state index contributed by atoms with van der Waals surface area (Å²) in [5.74, 6) is 0. The Kier molecular flexibility index (Phi) is 19.9. The fourth-order valence-electron chi connectivity index (χ4n) is 3.33. The predicted octanol–water partition coefficient (Wildman–Crippen LogP) is 0.195. The Bertz CT molecular complexity index is 885. The normalized spacial score (nSPS) is 10.8. The van der Waals surface area contributed by atoms with Crippen LogP contribution in [0.15, 0.2) is 84.5 Å². The van der Waals surface area contributed by atoms with E-state index >= 15 is 0 Å². The zero-order valence-corrected chi connectivity index (χ0v) is 25.6. The van der Waals surface area contributed by atoms with Gasteiger partial charge in [-0.25, -0.2) is 11.6 Å². The number of allylic oxidation sites excluding steroid dienone is 4. The fraction of sp³-hybridized carbons (Fsp3) is 0.276. The van der Waals surface area contributed by atoms with Crippen LogP contribution in [0.2, 0.25) is 0 Å². The molecule has 3 aromatic rings. The molecule has 1 aliphatic carbocycles. The average Bonchev–Trinajstić information content (AvgIpc) is 3.35. The van der Waals surface area contributed by atoms with E-state index in [-0.39, 0.29) is 60.5 Å². The maximum absolute atomic E-state index is 3.14. The molecule has 33 heavy (non-hydrogen) atoms. The molecule has 0 aromatic heterocycles. The van der Waals surface area contributed by atoms with Gasteiger partial charge >= 0.3 is 26.2 Å². The largest absolute Gasteiger partial charge is 4.00 e. The second-order valence-corrected chi connectivity index (χ2v) is 9.43. The van der Waals surface area contributed by atoms with Crippen molar-refractivity contribution >= 4 is 19.9 Å². The van der Waals surface area contributed by atoms with Crippen LogP contribution >= 0.6 is 0 Å². The van der Waals surface area contributed by atoms with E-state index in [9.17, 15) is 0 Å². The summed E-state index contributed by atoms with van der Waals surface area (Å²) in [6.45, 7) is 10.9. The number of hydrogen-bond donors (Lipinski definition) is 0. The summed E-state index contributed by atoms with van der Waals surface area (Å²) in [5.41, 5.74) is 7.21. The summed E-state index contributed by atoms with van der Waals surface area (Å²) in [6.07, 6.45) is 11.0. The number of hydrogen-bond acceptors (Lipinski definition) is 0. The van der Waals surface area contributed by atoms with Crippen LogP contribution in [0.4, 0.5) is 0 Å². The first kappa shape index (κ1) is 34.1. The molecule has 0 bridgehead atoms. The maximum atomic E-state index is 3.14. The van der Waals surface area contributed by atoms with Gasteiger partial charge in [0.2, 0.25) is 0 Å². The summed E-state index contributed by atoms with van der Waals surface area (Å²) < 4.78 is 0. The maximum Gasteiger partial charge on any atom is 4.00 e. The molecule has 0 fully saturated rings. The van der Waals surface area contributed by atoms with Crippen molar-refractivity contribution in [1.82, 2.24) is 0 Å². The van der Waals surface area contributed by atoms with Crippen molar-refractivity contribution in [1.29, 1.82) is 0 Å². The average molecular weight is 574 g/mol. The van der Waals surface area contributed by atoms with Gasteiger partial charge < -0.3 is 24.8 Å². The number of aryl methyl sites for hydroxylation is 2. The van der Waals surface area contributed by atoms with E-state index in [0.29, 0.717) is 0 Å². The van der Waals surface area contributed by atoms with Crippen molar-refractivity contribution in [3.05, 3.63) is 113 Å². The molecule has 1 radical (unpaired) electrons. The Morgan fingerprint density at radius 1 is 0.788 bits per heavy atom. The van der Waals surface area contributed by atoms with Gasteiger partial charge in [0.25, 0.3) is 0 Å². The quantitative estimate of drug-likeness (QED) is 0.309. The first-order valence-electron chi connectivity index (χ1n) is 10.9. The molecule has 0 N–H and O–H groups in total. The van der Waals surface area contributed by atoms with Crippen LogP contribution in [0.3, 0.4) is 0 Å². The molecule has 0 saturated heterocycles. The van der Waals surface area contributed by atoms with E-state index < -0.39 is 0 Å². The minimum absolute atomic E-state index is 0. The Morgan fingerprint density at radius 3 is 1.55 bits per heavy atom. The summed E-state index contributed by atoms with van der Waals surface area (Å²) in [4.78, 5) is 0. The van der Waals surface area contributed by atoms with Crippen molar-refractivity contribution in [2.24, 2.45) is 0 Å². The topological polar surface area (TPSA) is 0 Å². The van der Waals surface area contributed by atoms with Gasteiger partial charge in [-0.05, 0) is 0 Å². The molecule has 0 atom stereocenters. The molecule has 0 amide bonds. The minimum atomic E-state index is 0. The van der Waals surface area contributed by atoms with Crippen molar-refractivity contribution in [3.63, 3.8) is 0 Å². The van der Waals surface area contributed by atoms with Crippen LogP contribution in [0.5, 0.6) is 0 Å². The first-order chi connectivity index (χ1) is 14.5. The van der Waals surface area contributed by atoms with Gasteiger partial charge in [0.15, 0.2) is 0 Å². The third-order valence-electron chi connectivity index (χ3n) is 5.42. The van der Waals surface area contributed by atoms with Crippen molar-refractivity contribution in [3.8, 4) is 0 Å². The zero-order chi connectivity index (χ0) is 21.8. The van der Waals surface area contributed by atoms with Crippen molar-refractivity contribution in [2.75, 3.05) is 0 Å².